The van der Waals surface area contributed by atoms with Crippen LogP contribution in [0, 0.1) is 0 Å². The van der Waals surface area contributed by atoms with Crippen LogP contribution in [-0.4, -0.2) is 111 Å². The lowest BCUT2D eigenvalue weighted by Gasteiger charge is -2.37. The Morgan fingerprint density at radius 3 is 1.18 bits per heavy atom. The summed E-state index contributed by atoms with van der Waals surface area (Å²) in [5, 5.41) is 37.4. The summed E-state index contributed by atoms with van der Waals surface area (Å²) in [4.78, 5) is 27.7. The lowest BCUT2D eigenvalue weighted by Crippen LogP contribution is -2.53. The molecule has 72 heavy (non-hydrogen) atoms. The van der Waals surface area contributed by atoms with Gasteiger partial charge in [-0.05, 0) is 74.6 Å². The molecule has 0 saturated carbocycles. The van der Waals surface area contributed by atoms with Crippen molar-refractivity contribution >= 4 is 78.3 Å². The summed E-state index contributed by atoms with van der Waals surface area (Å²) in [7, 11) is -7.90. The van der Waals surface area contributed by atoms with Crippen LogP contribution in [0.5, 0.6) is 11.5 Å². The highest BCUT2D eigenvalue weighted by Crippen LogP contribution is 2.46. The van der Waals surface area contributed by atoms with Gasteiger partial charge in [0.25, 0.3) is 0 Å². The maximum atomic E-state index is 13.9. The largest absolute Gasteiger partial charge is 0.489 e. The van der Waals surface area contributed by atoms with Crippen molar-refractivity contribution in [2.45, 2.75) is 148 Å². The number of unbranched alkanes of at least 4 members (excludes halogenated alkanes) is 4. The van der Waals surface area contributed by atoms with Crippen LogP contribution in [0.2, 0.25) is 0 Å². The quantitative estimate of drug-likeness (QED) is 0.0359. The molecule has 0 spiro atoms. The number of aliphatic carboxylic acids is 2. The van der Waals surface area contributed by atoms with E-state index in [0.717, 1.165) is 62.7 Å². The van der Waals surface area contributed by atoms with Gasteiger partial charge in [0.1, 0.15) is 34.5 Å². The second kappa shape index (κ2) is 26.6. The van der Waals surface area contributed by atoms with E-state index in [-0.39, 0.29) is 21.3 Å². The molecule has 2 aliphatic rings. The molecule has 0 amide bonds. The minimum atomic E-state index is -3.95. The number of carbonyl (C=O) groups is 2. The van der Waals surface area contributed by atoms with Gasteiger partial charge in [0, 0.05) is 36.6 Å². The van der Waals surface area contributed by atoms with Crippen molar-refractivity contribution in [3.63, 3.8) is 0 Å². The Morgan fingerprint density at radius 2 is 0.903 bits per heavy atom. The fourth-order valence-electron chi connectivity index (χ4n) is 8.97. The highest BCUT2D eigenvalue weighted by molar-refractivity contribution is 7.99. The van der Waals surface area contributed by atoms with E-state index < -0.39 is 68.5 Å². The Bertz CT molecular complexity index is 2450. The lowest BCUT2D eigenvalue weighted by molar-refractivity contribution is -0.148. The molecule has 4 aromatic rings. The number of fused-ring (bicyclic) bond motifs is 2. The first-order chi connectivity index (χ1) is 34.3. The number of aliphatic hydroxyl groups is 2. The summed E-state index contributed by atoms with van der Waals surface area (Å²) in [6.07, 6.45) is 10.5. The molecule has 0 radical (unpaired) electrons. The zero-order chi connectivity index (χ0) is 52.7. The summed E-state index contributed by atoms with van der Waals surface area (Å²) in [6, 6.07) is 25.9. The summed E-state index contributed by atoms with van der Waals surface area (Å²) in [5.41, 5.74) is 1.55. The van der Waals surface area contributed by atoms with E-state index in [1.54, 1.807) is 12.1 Å². The Balaban J connectivity index is 0.000000267. The van der Waals surface area contributed by atoms with Gasteiger partial charge in [0.2, 0.25) is 20.0 Å². The number of aliphatic hydroxyl groups excluding tert-OH is 2. The molecule has 20 heteroatoms. The molecule has 6 rings (SSSR count). The van der Waals surface area contributed by atoms with E-state index >= 15 is 0 Å². The van der Waals surface area contributed by atoms with E-state index in [2.05, 4.69) is 46.9 Å². The molecule has 0 unspecified atom stereocenters. The van der Waals surface area contributed by atoms with Crippen LogP contribution < -0.4 is 28.7 Å². The first kappa shape index (κ1) is 58.4. The Morgan fingerprint density at radius 1 is 0.583 bits per heavy atom. The minimum absolute atomic E-state index is 0.0684. The number of benzene rings is 4. The van der Waals surface area contributed by atoms with Gasteiger partial charge in [0.05, 0.1) is 32.2 Å². The van der Waals surface area contributed by atoms with E-state index in [9.17, 15) is 36.6 Å². The average molecular weight is 1070 g/mol. The molecule has 2 aliphatic heterocycles. The average Bonchev–Trinajstić information content (AvgIpc) is 3.53. The Kier molecular flexibility index (Phi) is 21.6. The molecule has 0 bridgehead atoms. The van der Waals surface area contributed by atoms with E-state index in [0.29, 0.717) is 59.9 Å². The van der Waals surface area contributed by atoms with Crippen molar-refractivity contribution in [2.24, 2.45) is 0 Å². The number of hydrogen-bond acceptors (Lipinski definition) is 14. The first-order valence-corrected chi connectivity index (χ1v) is 30.0. The number of anilines is 4. The van der Waals surface area contributed by atoms with Crippen molar-refractivity contribution in [3.05, 3.63) is 84.9 Å². The summed E-state index contributed by atoms with van der Waals surface area (Å²) in [5.74, 6) is -2.38. The third-order valence-corrected chi connectivity index (χ3v) is 17.5. The Labute approximate surface area is 434 Å². The normalized spacial score (nSPS) is 17.2. The monoisotopic (exact) mass is 1070 g/mol. The molecule has 2 heterocycles. The van der Waals surface area contributed by atoms with Crippen LogP contribution in [0.1, 0.15) is 105 Å². The lowest BCUT2D eigenvalue weighted by atomic mass is 9.87. The first-order valence-electron chi connectivity index (χ1n) is 24.6. The number of carboxylic acid groups (broad SMARTS) is 2. The van der Waals surface area contributed by atoms with Crippen LogP contribution in [0.25, 0.3) is 0 Å². The SMILES string of the molecule is CCCCC1(CCCC)CN(c2ccccc2)c2cc(SC)c(OC[C@@H](O)C(=O)O)cc2S(=O)(=O)N1.CCCCC1(CCCC)CN(c2ccccc2)c2cc(SC)c(OC[C@H](O)C(=O)O)cc2S(=O)(=O)N1. The van der Waals surface area contributed by atoms with Crippen LogP contribution in [0.15, 0.2) is 105 Å². The number of nitrogens with one attached hydrogen (secondary N) is 2. The molecule has 4 aromatic carbocycles. The van der Waals surface area contributed by atoms with Gasteiger partial charge in [-0.15, -0.1) is 23.5 Å². The fourth-order valence-corrected chi connectivity index (χ4v) is 13.4. The fraction of sp³-hybridized carbons (Fsp3) is 0.500. The van der Waals surface area contributed by atoms with Crippen molar-refractivity contribution in [1.82, 2.24) is 9.44 Å². The van der Waals surface area contributed by atoms with E-state index in [1.807, 2.05) is 73.2 Å². The molecule has 0 fully saturated rings. The number of sulfonamides is 2. The summed E-state index contributed by atoms with van der Waals surface area (Å²) < 4.78 is 72.8. The molecule has 396 valence electrons. The van der Waals surface area contributed by atoms with Crippen LogP contribution in [-0.2, 0) is 29.6 Å². The maximum Gasteiger partial charge on any atom is 0.336 e. The van der Waals surface area contributed by atoms with Gasteiger partial charge >= 0.3 is 11.9 Å². The zero-order valence-electron chi connectivity index (χ0n) is 42.1. The summed E-state index contributed by atoms with van der Waals surface area (Å²) >= 11 is 2.73. The third-order valence-electron chi connectivity index (χ3n) is 12.8. The van der Waals surface area contributed by atoms with Gasteiger partial charge in [0.15, 0.2) is 12.2 Å². The van der Waals surface area contributed by atoms with Crippen molar-refractivity contribution < 1.29 is 56.3 Å². The summed E-state index contributed by atoms with van der Waals surface area (Å²) in [6.45, 7) is 8.38. The van der Waals surface area contributed by atoms with Crippen molar-refractivity contribution in [3.8, 4) is 11.5 Å². The highest BCUT2D eigenvalue weighted by atomic mass is 32.2. The van der Waals surface area contributed by atoms with Crippen LogP contribution in [0.3, 0.4) is 0 Å². The number of ether oxygens (including phenoxy) is 2. The molecule has 0 aromatic heterocycles. The predicted molar refractivity (Wildman–Crippen MR) is 286 cm³/mol. The van der Waals surface area contributed by atoms with Gasteiger partial charge in [-0.1, -0.05) is 115 Å². The number of nitrogens with zero attached hydrogens (tertiary/aromatic N) is 2. The Hall–Kier alpha value is -4.54. The highest BCUT2D eigenvalue weighted by Gasteiger charge is 2.44. The van der Waals surface area contributed by atoms with Crippen LogP contribution >= 0.6 is 23.5 Å². The van der Waals surface area contributed by atoms with Crippen LogP contribution in [0.4, 0.5) is 22.7 Å². The molecule has 0 saturated heterocycles. The molecule has 0 aliphatic carbocycles. The zero-order valence-corrected chi connectivity index (χ0v) is 45.4. The second-order valence-corrected chi connectivity index (χ2v) is 23.3. The number of hydrogen-bond donors (Lipinski definition) is 6. The minimum Gasteiger partial charge on any atom is -0.489 e. The predicted octanol–water partition coefficient (Wildman–Crippen LogP) is 9.56. The molecular weight excluding hydrogens is 1000 g/mol. The smallest absolute Gasteiger partial charge is 0.336 e. The number of thioether (sulfide) groups is 2. The second-order valence-electron chi connectivity index (χ2n) is 18.3. The third kappa shape index (κ3) is 14.8. The topological polar surface area (TPSA) is 232 Å². The van der Waals surface area contributed by atoms with Crippen molar-refractivity contribution in [2.75, 3.05) is 48.6 Å². The maximum absolute atomic E-state index is 13.9. The van der Waals surface area contributed by atoms with E-state index in [4.69, 9.17) is 19.7 Å². The van der Waals surface area contributed by atoms with Crippen molar-refractivity contribution in [1.29, 1.82) is 0 Å². The molecule has 2 atom stereocenters. The van der Waals surface area contributed by atoms with Gasteiger partial charge < -0.3 is 39.7 Å². The standard InChI is InChI=1S/2C26H36N2O6S2/c2*1-4-6-13-26(14-7-5-2)18-28(19-11-9-8-10-12-19)20-15-23(35-3)22(34-17-21(29)25(30)31)16-24(20)36(32,33)27-26/h2*8-12,15-16,21,27,29H,4-7,13-14,17-18H2,1-3H3,(H,30,31)/t2*21-/m10/s1. The number of rotatable bonds is 24. The van der Waals surface area contributed by atoms with Gasteiger partial charge in [-0.2, -0.15) is 0 Å². The van der Waals surface area contributed by atoms with Gasteiger partial charge in [-0.25, -0.2) is 35.9 Å². The molecular formula is C52H72N4O12S4. The number of para-hydroxylation sites is 2. The molecule has 6 N–H and O–H groups in total. The molecule has 16 nitrogen and oxygen atoms in total. The number of carboxylic acids is 2. The van der Waals surface area contributed by atoms with E-state index in [1.165, 1.54) is 35.7 Å². The van der Waals surface area contributed by atoms with Gasteiger partial charge in [-0.3, -0.25) is 0 Å².